The number of benzene rings is 1. The SMILES string of the molecule is CC.O=CSCCNC(=O)OCc1ccccc1.[CH3-].[Cs+]. The maximum atomic E-state index is 11.1. The van der Waals surface area contributed by atoms with Gasteiger partial charge in [-0.15, -0.1) is 0 Å². The number of amides is 1. The topological polar surface area (TPSA) is 55.4 Å². The Labute approximate surface area is 185 Å². The Morgan fingerprint density at radius 3 is 2.45 bits per heavy atom. The Morgan fingerprint density at radius 1 is 1.30 bits per heavy atom. The summed E-state index contributed by atoms with van der Waals surface area (Å²) in [5.74, 6) is 0.559. The number of thioether (sulfide) groups is 1. The van der Waals surface area contributed by atoms with E-state index in [0.29, 0.717) is 12.3 Å². The standard InChI is InChI=1S/C11H13NO3S.C2H6.CH3.Cs/c13-9-16-7-6-12-11(14)15-8-10-4-2-1-3-5-10;1-2;;/h1-5,9H,6-8H2,(H,12,14);1-2H3;1H3;/q;;-1;+1. The largest absolute Gasteiger partial charge is 1.00 e. The molecule has 1 aromatic rings. The maximum absolute atomic E-state index is 11.1. The maximum Gasteiger partial charge on any atom is 1.00 e. The number of alkyl carbamates (subject to hydrolysis) is 1. The molecule has 0 radical (unpaired) electrons. The van der Waals surface area contributed by atoms with E-state index in [4.69, 9.17) is 4.74 Å². The zero-order valence-electron chi connectivity index (χ0n) is 12.7. The van der Waals surface area contributed by atoms with E-state index in [1.54, 1.807) is 0 Å². The van der Waals surface area contributed by atoms with Gasteiger partial charge in [-0.05, 0) is 5.56 Å². The summed E-state index contributed by atoms with van der Waals surface area (Å²) < 4.78 is 4.96. The van der Waals surface area contributed by atoms with Crippen molar-refractivity contribution in [3.8, 4) is 0 Å². The summed E-state index contributed by atoms with van der Waals surface area (Å²) in [6, 6.07) is 9.44. The van der Waals surface area contributed by atoms with Gasteiger partial charge in [-0.3, -0.25) is 4.79 Å². The molecule has 6 heteroatoms. The van der Waals surface area contributed by atoms with Crippen molar-refractivity contribution >= 4 is 23.5 Å². The molecule has 1 rings (SSSR count). The second-order valence-corrected chi connectivity index (χ2v) is 3.89. The van der Waals surface area contributed by atoms with Crippen LogP contribution in [0.3, 0.4) is 0 Å². The molecule has 0 heterocycles. The van der Waals surface area contributed by atoms with Crippen molar-refractivity contribution in [1.29, 1.82) is 0 Å². The first kappa shape index (κ1) is 25.5. The molecule has 0 saturated carbocycles. The van der Waals surface area contributed by atoms with Crippen LogP contribution in [0.1, 0.15) is 19.4 Å². The van der Waals surface area contributed by atoms with Crippen molar-refractivity contribution in [3.05, 3.63) is 43.3 Å². The van der Waals surface area contributed by atoms with Crippen molar-refractivity contribution in [3.63, 3.8) is 0 Å². The number of nitrogens with one attached hydrogen (secondary N) is 1. The van der Waals surface area contributed by atoms with Crippen LogP contribution in [0.2, 0.25) is 0 Å². The Bertz CT molecular complexity index is 336. The van der Waals surface area contributed by atoms with Gasteiger partial charge in [-0.2, -0.15) is 0 Å². The molecule has 0 aromatic heterocycles. The molecule has 0 aliphatic rings. The quantitative estimate of drug-likeness (QED) is 0.412. The minimum atomic E-state index is -0.463. The predicted molar refractivity (Wildman–Crippen MR) is 81.6 cm³/mol. The van der Waals surface area contributed by atoms with E-state index < -0.39 is 6.09 Å². The zero-order valence-corrected chi connectivity index (χ0v) is 19.8. The van der Waals surface area contributed by atoms with Crippen LogP contribution in [0.15, 0.2) is 30.3 Å². The molecular weight excluding hydrogens is 395 g/mol. The molecule has 1 aromatic carbocycles. The molecule has 20 heavy (non-hydrogen) atoms. The van der Waals surface area contributed by atoms with Crippen LogP contribution in [0, 0.1) is 7.43 Å². The zero-order chi connectivity index (χ0) is 13.6. The molecule has 1 amide bonds. The Balaban J connectivity index is -0.000000689. The number of hydrogen-bond acceptors (Lipinski definition) is 4. The minimum Gasteiger partial charge on any atom is -0.445 e. The van der Waals surface area contributed by atoms with Crippen molar-refractivity contribution in [1.82, 2.24) is 5.32 Å². The molecule has 108 valence electrons. The average Bonchev–Trinajstić information content (AvgIpc) is 2.45. The minimum absolute atomic E-state index is 0. The van der Waals surface area contributed by atoms with Crippen molar-refractivity contribution in [2.45, 2.75) is 20.5 Å². The number of carbonyl (C=O) groups excluding carboxylic acids is 2. The number of ether oxygens (including phenoxy) is 1. The molecule has 0 bridgehead atoms. The van der Waals surface area contributed by atoms with E-state index in [2.05, 4.69) is 5.32 Å². The van der Waals surface area contributed by atoms with Gasteiger partial charge in [-0.25, -0.2) is 4.79 Å². The Morgan fingerprint density at radius 2 is 1.90 bits per heavy atom. The van der Waals surface area contributed by atoms with Crippen molar-refractivity contribution in [2.75, 3.05) is 12.3 Å². The predicted octanol–water partition coefficient (Wildman–Crippen LogP) is 0.317. The van der Waals surface area contributed by atoms with Gasteiger partial charge in [0.05, 0.1) is 0 Å². The molecule has 1 N–H and O–H groups in total. The fourth-order valence-electron chi connectivity index (χ4n) is 1.03. The Hall–Kier alpha value is 0.562. The van der Waals surface area contributed by atoms with Crippen LogP contribution >= 0.6 is 11.8 Å². The van der Waals surface area contributed by atoms with Gasteiger partial charge in [0, 0.05) is 12.3 Å². The van der Waals surface area contributed by atoms with Gasteiger partial charge >= 0.3 is 75.0 Å². The van der Waals surface area contributed by atoms with Crippen LogP contribution in [0.25, 0.3) is 0 Å². The summed E-state index contributed by atoms with van der Waals surface area (Å²) in [5.41, 5.74) is 1.69. The second kappa shape index (κ2) is 19.6. The van der Waals surface area contributed by atoms with Crippen molar-refractivity contribution in [2.24, 2.45) is 0 Å². The second-order valence-electron chi connectivity index (χ2n) is 2.96. The fraction of sp³-hybridized carbons (Fsp3) is 0.357. The summed E-state index contributed by atoms with van der Waals surface area (Å²) >= 11 is 1.11. The number of carbonyl (C=O) groups is 2. The third-order valence-electron chi connectivity index (χ3n) is 1.77. The number of hydrogen-bond donors (Lipinski definition) is 1. The summed E-state index contributed by atoms with van der Waals surface area (Å²) in [6.45, 7) is 4.69. The molecule has 4 nitrogen and oxygen atoms in total. The van der Waals surface area contributed by atoms with Gasteiger partial charge in [0.25, 0.3) is 0 Å². The Kier molecular flexibility index (Phi) is 25.0. The van der Waals surface area contributed by atoms with Crippen LogP contribution in [0.4, 0.5) is 4.79 Å². The van der Waals surface area contributed by atoms with Crippen molar-refractivity contribution < 1.29 is 83.2 Å². The third-order valence-corrected chi connectivity index (χ3v) is 2.35. The summed E-state index contributed by atoms with van der Waals surface area (Å²) in [6.07, 6.45) is -0.463. The van der Waals surface area contributed by atoms with Gasteiger partial charge in [-0.1, -0.05) is 55.9 Å². The summed E-state index contributed by atoms with van der Waals surface area (Å²) in [7, 11) is 0. The number of rotatable bonds is 6. The van der Waals surface area contributed by atoms with Gasteiger partial charge in [0.2, 0.25) is 0 Å². The molecule has 0 aliphatic carbocycles. The van der Waals surface area contributed by atoms with Gasteiger partial charge in [0.1, 0.15) is 6.61 Å². The van der Waals surface area contributed by atoms with E-state index in [9.17, 15) is 9.59 Å². The molecular formula is C14H22CsNO3S. The average molecular weight is 417 g/mol. The van der Waals surface area contributed by atoms with E-state index in [1.165, 1.54) is 0 Å². The molecule has 0 saturated heterocycles. The van der Waals surface area contributed by atoms with Gasteiger partial charge in [0.15, 0.2) is 5.62 Å². The molecule has 0 fully saturated rings. The smallest absolute Gasteiger partial charge is 0.445 e. The van der Waals surface area contributed by atoms with E-state index in [0.717, 1.165) is 22.9 Å². The van der Waals surface area contributed by atoms with E-state index >= 15 is 0 Å². The normalized spacial score (nSPS) is 7.90. The molecule has 0 unspecified atom stereocenters. The van der Waals surface area contributed by atoms with E-state index in [-0.39, 0.29) is 82.9 Å². The summed E-state index contributed by atoms with van der Waals surface area (Å²) in [4.78, 5) is 21.1. The third kappa shape index (κ3) is 15.0. The van der Waals surface area contributed by atoms with Crippen LogP contribution in [-0.2, 0) is 16.1 Å². The molecule has 0 spiro atoms. The monoisotopic (exact) mass is 417 g/mol. The van der Waals surface area contributed by atoms with E-state index in [1.807, 2.05) is 44.2 Å². The van der Waals surface area contributed by atoms with Crippen LogP contribution in [0.5, 0.6) is 0 Å². The van der Waals surface area contributed by atoms with Crippen LogP contribution in [-0.4, -0.2) is 24.0 Å². The molecule has 0 atom stereocenters. The molecule has 0 aliphatic heterocycles. The van der Waals surface area contributed by atoms with Crippen LogP contribution < -0.4 is 74.2 Å². The first-order valence-corrected chi connectivity index (χ1v) is 6.87. The fourth-order valence-corrected chi connectivity index (χ4v) is 1.35. The first-order valence-electron chi connectivity index (χ1n) is 5.82. The van der Waals surface area contributed by atoms with Gasteiger partial charge < -0.3 is 17.5 Å². The summed E-state index contributed by atoms with van der Waals surface area (Å²) in [5, 5.41) is 2.55. The first-order chi connectivity index (χ1) is 8.83.